The number of methoxy groups -OCH3 is 1. The van der Waals surface area contributed by atoms with Crippen molar-refractivity contribution in [3.8, 4) is 11.5 Å². The number of carbonyl (C=O) groups is 2. The number of hydrogen-bond acceptors (Lipinski definition) is 7. The second-order valence-electron chi connectivity index (χ2n) is 9.28. The molecule has 2 aromatic rings. The van der Waals surface area contributed by atoms with E-state index >= 15 is 0 Å². The van der Waals surface area contributed by atoms with Gasteiger partial charge in [-0.1, -0.05) is 24.3 Å². The molecular formula is C26H31N3O6. The van der Waals surface area contributed by atoms with E-state index < -0.39 is 6.10 Å². The summed E-state index contributed by atoms with van der Waals surface area (Å²) < 4.78 is 16.5. The zero-order valence-electron chi connectivity index (χ0n) is 19.9. The van der Waals surface area contributed by atoms with Gasteiger partial charge in [-0.3, -0.25) is 9.69 Å². The summed E-state index contributed by atoms with van der Waals surface area (Å²) >= 11 is 0. The lowest BCUT2D eigenvalue weighted by molar-refractivity contribution is 0.0182. The second-order valence-corrected chi connectivity index (χ2v) is 9.28. The first-order chi connectivity index (χ1) is 17.0. The Labute approximate surface area is 204 Å². The summed E-state index contributed by atoms with van der Waals surface area (Å²) in [5.41, 5.74) is 3.13. The molecule has 9 nitrogen and oxygen atoms in total. The summed E-state index contributed by atoms with van der Waals surface area (Å²) in [4.78, 5) is 30.2. The van der Waals surface area contributed by atoms with Crippen molar-refractivity contribution in [3.63, 3.8) is 0 Å². The number of fused-ring (bicyclic) bond motifs is 2. The van der Waals surface area contributed by atoms with Crippen LogP contribution in [-0.2, 0) is 17.7 Å². The highest BCUT2D eigenvalue weighted by atomic mass is 16.5. The summed E-state index contributed by atoms with van der Waals surface area (Å²) in [5, 5.41) is 10.8. The maximum Gasteiger partial charge on any atom is 0.409 e. The molecule has 0 saturated carbocycles. The number of aliphatic hydroxyl groups is 1. The fourth-order valence-electron chi connectivity index (χ4n) is 4.89. The highest BCUT2D eigenvalue weighted by molar-refractivity contribution is 5.97. The molecule has 1 atom stereocenters. The number of nitrogens with zero attached hydrogens (tertiary/aromatic N) is 3. The quantitative estimate of drug-likeness (QED) is 0.672. The lowest BCUT2D eigenvalue weighted by Gasteiger charge is -2.37. The maximum absolute atomic E-state index is 13.2. The van der Waals surface area contributed by atoms with E-state index in [2.05, 4.69) is 23.1 Å². The Hall–Kier alpha value is -3.30. The van der Waals surface area contributed by atoms with Crippen LogP contribution >= 0.6 is 0 Å². The number of rotatable bonds is 6. The summed E-state index contributed by atoms with van der Waals surface area (Å²) in [7, 11) is 1.35. The van der Waals surface area contributed by atoms with E-state index in [1.807, 2.05) is 6.07 Å². The summed E-state index contributed by atoms with van der Waals surface area (Å²) in [6.07, 6.45) is -0.168. The van der Waals surface area contributed by atoms with Crippen LogP contribution in [-0.4, -0.2) is 97.0 Å². The Morgan fingerprint density at radius 2 is 1.94 bits per heavy atom. The molecule has 3 aliphatic heterocycles. The lowest BCUT2D eigenvalue weighted by Crippen LogP contribution is -2.56. The van der Waals surface area contributed by atoms with E-state index in [0.29, 0.717) is 49.8 Å². The first-order valence-electron chi connectivity index (χ1n) is 12.0. The zero-order chi connectivity index (χ0) is 24.4. The molecule has 9 heteroatoms. The standard InChI is InChI=1S/C26H31N3O6/c1-33-26(32)29-16-22(17-29)35-21-6-7-23-24(12-21)34-11-10-28(25(23)31)15-20(30)14-27-9-8-18-4-2-3-5-19(18)13-27/h2-7,12,20,22,30H,8-11,13-17H2,1H3. The van der Waals surface area contributed by atoms with Crippen molar-refractivity contribution in [2.45, 2.75) is 25.2 Å². The van der Waals surface area contributed by atoms with Crippen molar-refractivity contribution in [1.29, 1.82) is 0 Å². The number of aliphatic hydroxyl groups excluding tert-OH is 1. The predicted molar refractivity (Wildman–Crippen MR) is 128 cm³/mol. The molecule has 35 heavy (non-hydrogen) atoms. The molecule has 1 fully saturated rings. The minimum absolute atomic E-state index is 0.123. The minimum atomic E-state index is -0.648. The van der Waals surface area contributed by atoms with Gasteiger partial charge in [-0.15, -0.1) is 0 Å². The van der Waals surface area contributed by atoms with E-state index in [-0.39, 0.29) is 24.6 Å². The largest absolute Gasteiger partial charge is 0.491 e. The Morgan fingerprint density at radius 3 is 2.74 bits per heavy atom. The molecule has 0 bridgehead atoms. The van der Waals surface area contributed by atoms with Crippen LogP contribution in [0, 0.1) is 0 Å². The van der Waals surface area contributed by atoms with Gasteiger partial charge in [0.15, 0.2) is 0 Å². The second kappa shape index (κ2) is 10.1. The van der Waals surface area contributed by atoms with Crippen LogP contribution in [0.5, 0.6) is 11.5 Å². The fraction of sp³-hybridized carbons (Fsp3) is 0.462. The van der Waals surface area contributed by atoms with E-state index in [1.165, 1.54) is 18.2 Å². The molecule has 3 heterocycles. The fourth-order valence-corrected chi connectivity index (χ4v) is 4.89. The summed E-state index contributed by atoms with van der Waals surface area (Å²) in [5.74, 6) is 0.902. The molecule has 186 valence electrons. The molecule has 3 aliphatic rings. The summed E-state index contributed by atoms with van der Waals surface area (Å²) in [6.45, 7) is 4.14. The number of benzene rings is 2. The van der Waals surface area contributed by atoms with Crippen LogP contribution in [0.3, 0.4) is 0 Å². The number of carbonyl (C=O) groups excluding carboxylic acids is 2. The van der Waals surface area contributed by atoms with Crippen molar-refractivity contribution in [1.82, 2.24) is 14.7 Å². The molecule has 1 unspecified atom stereocenters. The van der Waals surface area contributed by atoms with Gasteiger partial charge in [0.2, 0.25) is 0 Å². The normalized spacial score (nSPS) is 19.1. The van der Waals surface area contributed by atoms with Crippen LogP contribution in [0.1, 0.15) is 21.5 Å². The van der Waals surface area contributed by atoms with Crippen molar-refractivity contribution in [2.75, 3.05) is 53.0 Å². The third kappa shape index (κ3) is 5.21. The molecule has 0 aliphatic carbocycles. The van der Waals surface area contributed by atoms with E-state index in [9.17, 15) is 14.7 Å². The van der Waals surface area contributed by atoms with Crippen molar-refractivity contribution >= 4 is 12.0 Å². The maximum atomic E-state index is 13.2. The average molecular weight is 482 g/mol. The van der Waals surface area contributed by atoms with Crippen LogP contribution in [0.2, 0.25) is 0 Å². The van der Waals surface area contributed by atoms with Crippen LogP contribution in [0.4, 0.5) is 4.79 Å². The van der Waals surface area contributed by atoms with E-state index in [1.54, 1.807) is 28.0 Å². The van der Waals surface area contributed by atoms with Crippen molar-refractivity contribution in [3.05, 3.63) is 59.2 Å². The monoisotopic (exact) mass is 481 g/mol. The number of likely N-dealkylation sites (tertiary alicyclic amines) is 1. The minimum Gasteiger partial charge on any atom is -0.491 e. The number of β-amino-alcohol motifs (C(OH)–C–C–N with tert-alkyl or cyclic N) is 1. The molecule has 1 N–H and O–H groups in total. The number of amides is 2. The van der Waals surface area contributed by atoms with Crippen molar-refractivity contribution in [2.24, 2.45) is 0 Å². The molecular weight excluding hydrogens is 450 g/mol. The summed E-state index contributed by atoms with van der Waals surface area (Å²) in [6, 6.07) is 13.6. The SMILES string of the molecule is COC(=O)N1CC(Oc2ccc3c(c2)OCCN(CC(O)CN2CCc4ccccc4C2)C3=O)C1. The predicted octanol–water partition coefficient (Wildman–Crippen LogP) is 1.77. The Kier molecular flexibility index (Phi) is 6.79. The van der Waals surface area contributed by atoms with Gasteiger partial charge in [0.05, 0.1) is 38.4 Å². The lowest BCUT2D eigenvalue weighted by atomic mass is 10.00. The third-order valence-corrected chi connectivity index (χ3v) is 6.78. The van der Waals surface area contributed by atoms with Crippen molar-refractivity contribution < 1.29 is 28.9 Å². The number of hydrogen-bond donors (Lipinski definition) is 1. The van der Waals surface area contributed by atoms with Crippen LogP contribution in [0.25, 0.3) is 0 Å². The Balaban J connectivity index is 1.16. The molecule has 5 rings (SSSR count). The van der Waals surface area contributed by atoms with E-state index in [0.717, 1.165) is 19.5 Å². The zero-order valence-corrected chi connectivity index (χ0v) is 19.9. The van der Waals surface area contributed by atoms with Gasteiger partial charge in [-0.05, 0) is 29.7 Å². The van der Waals surface area contributed by atoms with Crippen LogP contribution in [0.15, 0.2) is 42.5 Å². The molecule has 2 aromatic carbocycles. The molecule has 0 spiro atoms. The third-order valence-electron chi connectivity index (χ3n) is 6.78. The van der Waals surface area contributed by atoms with Crippen LogP contribution < -0.4 is 9.47 Å². The molecule has 0 radical (unpaired) electrons. The Bertz CT molecular complexity index is 1090. The molecule has 0 aromatic heterocycles. The molecule has 2 amide bonds. The van der Waals surface area contributed by atoms with Gasteiger partial charge in [-0.2, -0.15) is 0 Å². The van der Waals surface area contributed by atoms with E-state index in [4.69, 9.17) is 14.2 Å². The first-order valence-corrected chi connectivity index (χ1v) is 12.0. The number of ether oxygens (including phenoxy) is 3. The first kappa shape index (κ1) is 23.4. The highest BCUT2D eigenvalue weighted by Crippen LogP contribution is 2.30. The molecule has 1 saturated heterocycles. The van der Waals surface area contributed by atoms with Gasteiger partial charge in [0, 0.05) is 32.2 Å². The van der Waals surface area contributed by atoms with Gasteiger partial charge < -0.3 is 29.1 Å². The highest BCUT2D eigenvalue weighted by Gasteiger charge is 2.33. The van der Waals surface area contributed by atoms with Gasteiger partial charge in [0.25, 0.3) is 5.91 Å². The van der Waals surface area contributed by atoms with Gasteiger partial charge in [-0.25, -0.2) is 4.79 Å². The van der Waals surface area contributed by atoms with Gasteiger partial charge in [0.1, 0.15) is 24.2 Å². The van der Waals surface area contributed by atoms with Gasteiger partial charge >= 0.3 is 6.09 Å². The smallest absolute Gasteiger partial charge is 0.409 e. The average Bonchev–Trinajstić information content (AvgIpc) is 2.99. The topological polar surface area (TPSA) is 91.8 Å². The Morgan fingerprint density at radius 1 is 1.14 bits per heavy atom.